The summed E-state index contributed by atoms with van der Waals surface area (Å²) in [6.45, 7) is 3.46. The molecule has 82 valence electrons. The van der Waals surface area contributed by atoms with Gasteiger partial charge in [0.15, 0.2) is 0 Å². The van der Waals surface area contributed by atoms with E-state index in [-0.39, 0.29) is 10.7 Å². The highest BCUT2D eigenvalue weighted by Gasteiger charge is 1.98. The van der Waals surface area contributed by atoms with Gasteiger partial charge in [-0.1, -0.05) is 6.58 Å². The van der Waals surface area contributed by atoms with Crippen molar-refractivity contribution in [1.29, 1.82) is 0 Å². The molecule has 0 aliphatic rings. The molecule has 0 unspecified atom stereocenters. The van der Waals surface area contributed by atoms with Gasteiger partial charge in [-0.2, -0.15) is 0 Å². The van der Waals surface area contributed by atoms with Crippen LogP contribution in [0.4, 0.5) is 0 Å². The maximum atomic E-state index is 11.5. The largest absolute Gasteiger partial charge is 0.308 e. The zero-order valence-corrected chi connectivity index (χ0v) is 10.4. The van der Waals surface area contributed by atoms with Crippen molar-refractivity contribution in [2.24, 2.45) is 0 Å². The van der Waals surface area contributed by atoms with E-state index < -0.39 is 11.1 Å². The molecule has 0 saturated heterocycles. The summed E-state index contributed by atoms with van der Waals surface area (Å²) in [5.74, 6) is 0. The number of thiophene rings is 1. The first-order valence-electron chi connectivity index (χ1n) is 4.33. The number of H-pyrrole nitrogens is 2. The summed E-state index contributed by atoms with van der Waals surface area (Å²) in [7, 11) is 0. The van der Waals surface area contributed by atoms with Crippen LogP contribution < -0.4 is 21.8 Å². The number of rotatable bonds is 1. The van der Waals surface area contributed by atoms with Gasteiger partial charge < -0.3 is 9.97 Å². The Kier molecular flexibility index (Phi) is 2.93. The predicted molar refractivity (Wildman–Crippen MR) is 68.0 cm³/mol. The molecule has 2 aromatic rings. The number of nitrogens with one attached hydrogen (secondary N) is 2. The minimum absolute atomic E-state index is 0.0850. The van der Waals surface area contributed by atoms with E-state index in [0.29, 0.717) is 0 Å². The summed E-state index contributed by atoms with van der Waals surface area (Å²) in [6, 6.07) is 1.83. The lowest BCUT2D eigenvalue weighted by Gasteiger charge is -1.87. The van der Waals surface area contributed by atoms with Crippen LogP contribution in [0.15, 0.2) is 25.5 Å². The lowest BCUT2D eigenvalue weighted by Crippen LogP contribution is -2.47. The summed E-state index contributed by atoms with van der Waals surface area (Å²) < 4.78 is 0.922. The van der Waals surface area contributed by atoms with Gasteiger partial charge in [-0.25, -0.2) is 0 Å². The molecule has 4 nitrogen and oxygen atoms in total. The molecule has 2 N–H and O–H groups in total. The van der Waals surface area contributed by atoms with E-state index in [9.17, 15) is 9.59 Å². The van der Waals surface area contributed by atoms with Crippen molar-refractivity contribution in [2.75, 3.05) is 0 Å². The molecule has 0 amide bonds. The van der Waals surface area contributed by atoms with Crippen molar-refractivity contribution >= 4 is 39.9 Å². The number of hydrogen-bond acceptors (Lipinski definition) is 3. The smallest absolute Gasteiger partial charge is 0.262 e. The number of aromatic nitrogens is 2. The predicted octanol–water partition coefficient (Wildman–Crippen LogP) is 0.126. The zero-order chi connectivity index (χ0) is 11.7. The van der Waals surface area contributed by atoms with Crippen LogP contribution in [0.1, 0.15) is 4.88 Å². The van der Waals surface area contributed by atoms with Crippen LogP contribution in [-0.2, 0) is 0 Å². The van der Waals surface area contributed by atoms with Gasteiger partial charge in [0.2, 0.25) is 0 Å². The molecule has 2 rings (SSSR count). The Bertz CT molecular complexity index is 704. The van der Waals surface area contributed by atoms with E-state index in [2.05, 4.69) is 32.5 Å². The Morgan fingerprint density at radius 3 is 2.44 bits per heavy atom. The number of hydrogen-bond donors (Lipinski definition) is 2. The van der Waals surface area contributed by atoms with Crippen molar-refractivity contribution in [3.8, 4) is 0 Å². The second-order valence-electron chi connectivity index (χ2n) is 3.11. The van der Waals surface area contributed by atoms with Crippen molar-refractivity contribution in [3.05, 3.63) is 52.2 Å². The van der Waals surface area contributed by atoms with Gasteiger partial charge in [-0.05, 0) is 28.1 Å². The van der Waals surface area contributed by atoms with Crippen molar-refractivity contribution in [1.82, 2.24) is 9.97 Å². The molecule has 0 aliphatic heterocycles. The van der Waals surface area contributed by atoms with E-state index in [1.807, 2.05) is 11.4 Å². The zero-order valence-electron chi connectivity index (χ0n) is 8.04. The topological polar surface area (TPSA) is 65.7 Å². The third-order valence-corrected chi connectivity index (χ3v) is 3.53. The van der Waals surface area contributed by atoms with Gasteiger partial charge >= 0.3 is 0 Å². The van der Waals surface area contributed by atoms with Crippen LogP contribution in [0.5, 0.6) is 0 Å². The van der Waals surface area contributed by atoms with Crippen molar-refractivity contribution < 1.29 is 0 Å². The fourth-order valence-electron chi connectivity index (χ4n) is 1.22. The first kappa shape index (κ1) is 11.1. The van der Waals surface area contributed by atoms with Crippen LogP contribution in [0, 0.1) is 0 Å². The summed E-state index contributed by atoms with van der Waals surface area (Å²) in [4.78, 5) is 28.8. The average molecular weight is 299 g/mol. The SMILES string of the molecule is C=c1[nH]c(=O)c(=Cc2cc(Br)cs2)c(=O)[nH]1. The molecule has 0 saturated carbocycles. The second-order valence-corrected chi connectivity index (χ2v) is 4.97. The van der Waals surface area contributed by atoms with E-state index in [1.54, 1.807) is 6.08 Å². The molecule has 0 aliphatic carbocycles. The normalized spacial score (nSPS) is 10.3. The van der Waals surface area contributed by atoms with E-state index >= 15 is 0 Å². The van der Waals surface area contributed by atoms with Crippen LogP contribution in [0.3, 0.4) is 0 Å². The first-order valence-corrected chi connectivity index (χ1v) is 6.01. The van der Waals surface area contributed by atoms with Crippen LogP contribution in [-0.4, -0.2) is 9.97 Å². The van der Waals surface area contributed by atoms with Gasteiger partial charge in [0.25, 0.3) is 11.1 Å². The van der Waals surface area contributed by atoms with Gasteiger partial charge in [0, 0.05) is 14.7 Å². The Morgan fingerprint density at radius 2 is 1.94 bits per heavy atom. The Balaban J connectivity index is 2.75. The van der Waals surface area contributed by atoms with E-state index in [4.69, 9.17) is 0 Å². The monoisotopic (exact) mass is 298 g/mol. The third kappa shape index (κ3) is 2.23. The quantitative estimate of drug-likeness (QED) is 0.786. The number of halogens is 1. The number of aromatic amines is 2. The fraction of sp³-hybridized carbons (Fsp3) is 0. The molecular weight excluding hydrogens is 292 g/mol. The van der Waals surface area contributed by atoms with Crippen molar-refractivity contribution in [3.63, 3.8) is 0 Å². The summed E-state index contributed by atoms with van der Waals surface area (Å²) in [5, 5.41) is 1.96. The minimum atomic E-state index is -0.432. The molecule has 6 heteroatoms. The second kappa shape index (κ2) is 4.23. The minimum Gasteiger partial charge on any atom is -0.308 e. The van der Waals surface area contributed by atoms with Gasteiger partial charge in [-0.3, -0.25) is 9.59 Å². The average Bonchev–Trinajstić information content (AvgIpc) is 2.58. The van der Waals surface area contributed by atoms with Crippen LogP contribution >= 0.6 is 27.3 Å². The molecule has 16 heavy (non-hydrogen) atoms. The molecule has 2 aromatic heterocycles. The molecule has 2 heterocycles. The Hall–Kier alpha value is -1.40. The van der Waals surface area contributed by atoms with E-state index in [1.165, 1.54) is 11.3 Å². The van der Waals surface area contributed by atoms with Crippen molar-refractivity contribution in [2.45, 2.75) is 0 Å². The summed E-state index contributed by atoms with van der Waals surface area (Å²) in [6.07, 6.45) is 1.55. The molecule has 0 atom stereocenters. The third-order valence-electron chi connectivity index (χ3n) is 1.89. The van der Waals surface area contributed by atoms with Crippen LogP contribution in [0.2, 0.25) is 0 Å². The fourth-order valence-corrected chi connectivity index (χ4v) is 2.60. The standard InChI is InChI=1S/C10H7BrN2O2S/c1-5-12-9(14)8(10(15)13-5)3-7-2-6(11)4-16-7/h2-4H,1H2,(H,12,14)(H,13,15). The van der Waals surface area contributed by atoms with Gasteiger partial charge in [0.1, 0.15) is 10.7 Å². The highest BCUT2D eigenvalue weighted by molar-refractivity contribution is 9.10. The van der Waals surface area contributed by atoms with E-state index in [0.717, 1.165) is 9.35 Å². The lowest BCUT2D eigenvalue weighted by molar-refractivity contribution is 0.993. The molecular formula is C10H7BrN2O2S. The molecule has 0 radical (unpaired) electrons. The lowest BCUT2D eigenvalue weighted by atomic mass is 10.3. The first-order chi connectivity index (χ1) is 7.56. The Labute approximate surface area is 102 Å². The maximum absolute atomic E-state index is 11.5. The van der Waals surface area contributed by atoms with Gasteiger partial charge in [0.05, 0.1) is 0 Å². The van der Waals surface area contributed by atoms with Gasteiger partial charge in [-0.15, -0.1) is 11.3 Å². The highest BCUT2D eigenvalue weighted by Crippen LogP contribution is 2.19. The van der Waals surface area contributed by atoms with Crippen LogP contribution in [0.25, 0.3) is 12.7 Å². The molecule has 0 bridgehead atoms. The molecule has 0 aromatic carbocycles. The summed E-state index contributed by atoms with van der Waals surface area (Å²) in [5.41, 5.74) is -0.656. The Morgan fingerprint density at radius 1 is 1.31 bits per heavy atom. The molecule has 0 fully saturated rings. The maximum Gasteiger partial charge on any atom is 0.262 e. The molecule has 0 spiro atoms. The summed E-state index contributed by atoms with van der Waals surface area (Å²) >= 11 is 4.75. The highest BCUT2D eigenvalue weighted by atomic mass is 79.9.